The number of methoxy groups -OCH3 is 1. The predicted octanol–water partition coefficient (Wildman–Crippen LogP) is 2.34. The number of nitrogens with one attached hydrogen (secondary N) is 4. The highest BCUT2D eigenvalue weighted by Crippen LogP contribution is 2.28. The summed E-state index contributed by atoms with van der Waals surface area (Å²) >= 11 is 0. The molecule has 2 amide bonds. The number of amides is 2. The maximum atomic E-state index is 13.9. The zero-order valence-corrected chi connectivity index (χ0v) is 20.6. The summed E-state index contributed by atoms with van der Waals surface area (Å²) in [4.78, 5) is 29.5. The largest absolute Gasteiger partial charge is 0.480 e. The van der Waals surface area contributed by atoms with E-state index in [0.29, 0.717) is 46.8 Å². The Kier molecular flexibility index (Phi) is 7.15. The van der Waals surface area contributed by atoms with Gasteiger partial charge in [-0.05, 0) is 29.8 Å². The lowest BCUT2D eigenvalue weighted by Gasteiger charge is -2.16. The van der Waals surface area contributed by atoms with E-state index in [1.165, 1.54) is 19.2 Å². The Morgan fingerprint density at radius 2 is 2.03 bits per heavy atom. The topological polar surface area (TPSA) is 139 Å². The Labute approximate surface area is 216 Å². The Morgan fingerprint density at radius 3 is 2.79 bits per heavy atom. The van der Waals surface area contributed by atoms with E-state index < -0.39 is 18.0 Å². The monoisotopic (exact) mass is 520 g/mol. The highest BCUT2D eigenvalue weighted by molar-refractivity contribution is 6.05. The number of hydrogen-bond donors (Lipinski definition) is 4. The van der Waals surface area contributed by atoms with E-state index in [9.17, 15) is 14.0 Å². The van der Waals surface area contributed by atoms with E-state index in [-0.39, 0.29) is 23.9 Å². The van der Waals surface area contributed by atoms with Crippen molar-refractivity contribution in [1.82, 2.24) is 31.1 Å². The maximum absolute atomic E-state index is 13.9. The molecule has 0 spiro atoms. The number of ether oxygens (including phenoxy) is 3. The molecule has 1 aliphatic rings. The normalized spacial score (nSPS) is 14.9. The SMILES string of the molecule is CNC(=O)c1n[nH]c2cc(-c3cnc(OC)c(C(=O)NCc4ccc(F)cc4OC4COCN4)c3)ccc12. The quantitative estimate of drug-likeness (QED) is 0.278. The summed E-state index contributed by atoms with van der Waals surface area (Å²) in [5.41, 5.74) is 3.18. The van der Waals surface area contributed by atoms with Crippen LogP contribution in [0.15, 0.2) is 48.7 Å². The van der Waals surface area contributed by atoms with E-state index in [2.05, 4.69) is 31.1 Å². The van der Waals surface area contributed by atoms with Crippen LogP contribution in [0.3, 0.4) is 0 Å². The predicted molar refractivity (Wildman–Crippen MR) is 135 cm³/mol. The molecule has 0 bridgehead atoms. The zero-order chi connectivity index (χ0) is 26.6. The number of fused-ring (bicyclic) bond motifs is 1. The van der Waals surface area contributed by atoms with Gasteiger partial charge in [0.15, 0.2) is 11.9 Å². The smallest absolute Gasteiger partial charge is 0.272 e. The summed E-state index contributed by atoms with van der Waals surface area (Å²) in [5, 5.41) is 16.0. The number of carbonyl (C=O) groups is 2. The van der Waals surface area contributed by atoms with E-state index in [1.54, 1.807) is 31.4 Å². The number of hydrogen-bond acceptors (Lipinski definition) is 8. The first-order valence-electron chi connectivity index (χ1n) is 11.8. The number of benzene rings is 2. The van der Waals surface area contributed by atoms with Crippen molar-refractivity contribution in [3.63, 3.8) is 0 Å². The van der Waals surface area contributed by atoms with Crippen LogP contribution in [0.2, 0.25) is 0 Å². The molecule has 0 saturated carbocycles. The minimum atomic E-state index is -0.454. The molecule has 3 heterocycles. The van der Waals surface area contributed by atoms with Crippen molar-refractivity contribution in [2.45, 2.75) is 12.8 Å². The van der Waals surface area contributed by atoms with E-state index in [4.69, 9.17) is 14.2 Å². The molecule has 1 unspecified atom stereocenters. The zero-order valence-electron chi connectivity index (χ0n) is 20.6. The lowest BCUT2D eigenvalue weighted by atomic mass is 10.0. The van der Waals surface area contributed by atoms with Crippen LogP contribution in [0, 0.1) is 5.82 Å². The number of aromatic amines is 1. The van der Waals surface area contributed by atoms with Crippen LogP contribution < -0.4 is 25.4 Å². The first kappa shape index (κ1) is 25.1. The average Bonchev–Trinajstić information content (AvgIpc) is 3.61. The Morgan fingerprint density at radius 1 is 1.16 bits per heavy atom. The molecule has 1 fully saturated rings. The molecule has 196 valence electrons. The standard InChI is InChI=1S/C26H25FN6O5/c1-28-25(35)23-18-6-4-14(8-20(18)32-33-23)16-7-19(26(36-2)30-11-16)24(34)29-10-15-3-5-17(27)9-21(15)38-22-12-37-13-31-22/h3-9,11,22,31H,10,12-13H2,1-2H3,(H,28,35)(H,29,34)(H,32,33). The summed E-state index contributed by atoms with van der Waals surface area (Å²) in [6.45, 7) is 0.755. The molecular formula is C26H25FN6O5. The van der Waals surface area contributed by atoms with Gasteiger partial charge in [0, 0.05) is 42.4 Å². The summed E-state index contributed by atoms with van der Waals surface area (Å²) < 4.78 is 30.2. The Bertz CT molecular complexity index is 1500. The van der Waals surface area contributed by atoms with Gasteiger partial charge in [0.2, 0.25) is 5.88 Å². The van der Waals surface area contributed by atoms with Gasteiger partial charge in [-0.3, -0.25) is 20.0 Å². The summed E-state index contributed by atoms with van der Waals surface area (Å²) in [6, 6.07) is 11.2. The van der Waals surface area contributed by atoms with Crippen LogP contribution in [0.25, 0.3) is 22.0 Å². The molecule has 38 heavy (non-hydrogen) atoms. The molecule has 11 nitrogen and oxygen atoms in total. The van der Waals surface area contributed by atoms with Crippen molar-refractivity contribution in [2.24, 2.45) is 0 Å². The molecule has 5 rings (SSSR count). The molecule has 1 saturated heterocycles. The van der Waals surface area contributed by atoms with Gasteiger partial charge in [0.05, 0.1) is 26.0 Å². The van der Waals surface area contributed by atoms with Crippen LogP contribution in [0.1, 0.15) is 26.4 Å². The molecule has 0 aliphatic carbocycles. The first-order valence-corrected chi connectivity index (χ1v) is 11.8. The fourth-order valence-corrected chi connectivity index (χ4v) is 4.09. The van der Waals surface area contributed by atoms with Gasteiger partial charge in [0.1, 0.15) is 17.1 Å². The lowest BCUT2D eigenvalue weighted by Crippen LogP contribution is -2.31. The maximum Gasteiger partial charge on any atom is 0.272 e. The second kappa shape index (κ2) is 10.8. The lowest BCUT2D eigenvalue weighted by molar-refractivity contribution is 0.0942. The molecule has 2 aromatic carbocycles. The highest BCUT2D eigenvalue weighted by Gasteiger charge is 2.20. The minimum Gasteiger partial charge on any atom is -0.480 e. The van der Waals surface area contributed by atoms with Gasteiger partial charge in [-0.1, -0.05) is 12.1 Å². The van der Waals surface area contributed by atoms with Crippen molar-refractivity contribution in [3.8, 4) is 22.8 Å². The molecular weight excluding hydrogens is 495 g/mol. The summed E-state index contributed by atoms with van der Waals surface area (Å²) in [7, 11) is 2.97. The van der Waals surface area contributed by atoms with Gasteiger partial charge in [-0.15, -0.1) is 0 Å². The number of H-pyrrole nitrogens is 1. The van der Waals surface area contributed by atoms with Crippen molar-refractivity contribution >= 4 is 22.7 Å². The molecule has 4 aromatic rings. The molecule has 1 atom stereocenters. The van der Waals surface area contributed by atoms with Gasteiger partial charge in [-0.2, -0.15) is 5.10 Å². The fraction of sp³-hybridized carbons (Fsp3) is 0.231. The van der Waals surface area contributed by atoms with E-state index in [1.807, 2.05) is 12.1 Å². The van der Waals surface area contributed by atoms with Crippen molar-refractivity contribution < 1.29 is 28.2 Å². The van der Waals surface area contributed by atoms with Crippen LogP contribution >= 0.6 is 0 Å². The second-order valence-electron chi connectivity index (χ2n) is 8.45. The number of halogens is 1. The van der Waals surface area contributed by atoms with Gasteiger partial charge >= 0.3 is 0 Å². The number of carbonyl (C=O) groups excluding carboxylic acids is 2. The van der Waals surface area contributed by atoms with Gasteiger partial charge in [-0.25, -0.2) is 9.37 Å². The third-order valence-corrected chi connectivity index (χ3v) is 6.05. The number of aromatic nitrogens is 3. The third kappa shape index (κ3) is 5.12. The van der Waals surface area contributed by atoms with Crippen molar-refractivity contribution in [3.05, 3.63) is 71.3 Å². The second-order valence-corrected chi connectivity index (χ2v) is 8.45. The molecule has 12 heteroatoms. The first-order chi connectivity index (χ1) is 18.5. The van der Waals surface area contributed by atoms with Crippen molar-refractivity contribution in [1.29, 1.82) is 0 Å². The molecule has 1 aliphatic heterocycles. The highest BCUT2D eigenvalue weighted by atomic mass is 19.1. The summed E-state index contributed by atoms with van der Waals surface area (Å²) in [5.74, 6) is -0.728. The van der Waals surface area contributed by atoms with Crippen LogP contribution in [-0.4, -0.2) is 60.7 Å². The van der Waals surface area contributed by atoms with E-state index in [0.717, 1.165) is 5.56 Å². The average molecular weight is 521 g/mol. The molecule has 0 radical (unpaired) electrons. The minimum absolute atomic E-state index is 0.0811. The molecule has 4 N–H and O–H groups in total. The number of nitrogens with zero attached hydrogens (tertiary/aromatic N) is 2. The summed E-state index contributed by atoms with van der Waals surface area (Å²) in [6.07, 6.45) is 1.18. The van der Waals surface area contributed by atoms with Crippen LogP contribution in [0.5, 0.6) is 11.6 Å². The van der Waals surface area contributed by atoms with Crippen LogP contribution in [-0.2, 0) is 11.3 Å². The molecule has 2 aromatic heterocycles. The van der Waals surface area contributed by atoms with Crippen molar-refractivity contribution in [2.75, 3.05) is 27.5 Å². The third-order valence-electron chi connectivity index (χ3n) is 6.05. The Hall–Kier alpha value is -4.55. The van der Waals surface area contributed by atoms with Crippen LogP contribution in [0.4, 0.5) is 4.39 Å². The fourth-order valence-electron chi connectivity index (χ4n) is 4.09. The van der Waals surface area contributed by atoms with Gasteiger partial charge < -0.3 is 24.8 Å². The Balaban J connectivity index is 1.37. The number of pyridine rings is 1. The number of rotatable bonds is 8. The van der Waals surface area contributed by atoms with E-state index >= 15 is 0 Å². The van der Waals surface area contributed by atoms with Gasteiger partial charge in [0.25, 0.3) is 11.8 Å².